The SMILES string of the molecule is CCCNc1ccc([N+](=O)[O-])cc1CN(C)C1CCCC1. The molecule has 1 fully saturated rings. The number of nitrogens with one attached hydrogen (secondary N) is 1. The van der Waals surface area contributed by atoms with Crippen LogP contribution in [-0.2, 0) is 6.54 Å². The normalized spacial score (nSPS) is 15.6. The Bertz CT molecular complexity index is 484. The standard InChI is InChI=1S/C16H25N3O2/c1-3-10-17-16-9-8-15(19(20)21)11-13(16)12-18(2)14-6-4-5-7-14/h8-9,11,14,17H,3-7,10,12H2,1-2H3. The van der Waals surface area contributed by atoms with Crippen LogP contribution in [0.25, 0.3) is 0 Å². The Morgan fingerprint density at radius 3 is 2.71 bits per heavy atom. The first-order valence-electron chi connectivity index (χ1n) is 7.83. The lowest BCUT2D eigenvalue weighted by atomic mass is 10.1. The average Bonchev–Trinajstić information content (AvgIpc) is 3.00. The predicted octanol–water partition coefficient (Wildman–Crippen LogP) is 3.79. The van der Waals surface area contributed by atoms with Crippen LogP contribution >= 0.6 is 0 Å². The second-order valence-electron chi connectivity index (χ2n) is 5.88. The minimum absolute atomic E-state index is 0.173. The summed E-state index contributed by atoms with van der Waals surface area (Å²) >= 11 is 0. The first-order valence-corrected chi connectivity index (χ1v) is 7.83. The van der Waals surface area contributed by atoms with Crippen LogP contribution in [0.15, 0.2) is 18.2 Å². The molecule has 21 heavy (non-hydrogen) atoms. The van der Waals surface area contributed by atoms with Crippen LogP contribution in [0.1, 0.15) is 44.6 Å². The van der Waals surface area contributed by atoms with Gasteiger partial charge in [-0.2, -0.15) is 0 Å². The minimum atomic E-state index is -0.317. The van der Waals surface area contributed by atoms with Crippen LogP contribution in [0.2, 0.25) is 0 Å². The second kappa shape index (κ2) is 7.41. The number of nitro groups is 1. The Kier molecular flexibility index (Phi) is 5.56. The molecule has 1 N–H and O–H groups in total. The van der Waals surface area contributed by atoms with Crippen molar-refractivity contribution in [2.24, 2.45) is 0 Å². The molecule has 0 radical (unpaired) electrons. The Labute approximate surface area is 126 Å². The highest BCUT2D eigenvalue weighted by atomic mass is 16.6. The average molecular weight is 291 g/mol. The van der Waals surface area contributed by atoms with Gasteiger partial charge in [0.05, 0.1) is 4.92 Å². The van der Waals surface area contributed by atoms with E-state index in [0.717, 1.165) is 30.8 Å². The molecule has 0 aliphatic heterocycles. The Morgan fingerprint density at radius 1 is 1.38 bits per heavy atom. The molecule has 1 aliphatic carbocycles. The molecule has 1 saturated carbocycles. The largest absolute Gasteiger partial charge is 0.385 e. The van der Waals surface area contributed by atoms with Crippen LogP contribution in [0.5, 0.6) is 0 Å². The highest BCUT2D eigenvalue weighted by Crippen LogP contribution is 2.27. The van der Waals surface area contributed by atoms with Gasteiger partial charge in [0.2, 0.25) is 0 Å². The zero-order valence-electron chi connectivity index (χ0n) is 13.0. The summed E-state index contributed by atoms with van der Waals surface area (Å²) in [5.74, 6) is 0. The number of rotatable bonds is 7. The summed E-state index contributed by atoms with van der Waals surface area (Å²) in [4.78, 5) is 13.0. The highest BCUT2D eigenvalue weighted by Gasteiger charge is 2.21. The van der Waals surface area contributed by atoms with Gasteiger partial charge >= 0.3 is 0 Å². The van der Waals surface area contributed by atoms with Gasteiger partial charge in [0.1, 0.15) is 0 Å². The zero-order chi connectivity index (χ0) is 15.2. The maximum absolute atomic E-state index is 11.0. The molecule has 5 heteroatoms. The van der Waals surface area contributed by atoms with E-state index in [1.54, 1.807) is 12.1 Å². The van der Waals surface area contributed by atoms with E-state index in [1.807, 2.05) is 6.07 Å². The van der Waals surface area contributed by atoms with Crippen molar-refractivity contribution < 1.29 is 4.92 Å². The quantitative estimate of drug-likeness (QED) is 0.613. The summed E-state index contributed by atoms with van der Waals surface area (Å²) in [5.41, 5.74) is 2.21. The molecule has 5 nitrogen and oxygen atoms in total. The second-order valence-corrected chi connectivity index (χ2v) is 5.88. The summed E-state index contributed by atoms with van der Waals surface area (Å²) < 4.78 is 0. The van der Waals surface area contributed by atoms with E-state index in [2.05, 4.69) is 24.2 Å². The molecule has 116 valence electrons. The van der Waals surface area contributed by atoms with Gasteiger partial charge < -0.3 is 5.32 Å². The molecular formula is C16H25N3O2. The lowest BCUT2D eigenvalue weighted by Crippen LogP contribution is -2.28. The van der Waals surface area contributed by atoms with Gasteiger partial charge in [-0.15, -0.1) is 0 Å². The van der Waals surface area contributed by atoms with E-state index < -0.39 is 0 Å². The van der Waals surface area contributed by atoms with Crippen LogP contribution in [-0.4, -0.2) is 29.5 Å². The summed E-state index contributed by atoms with van der Waals surface area (Å²) in [6.07, 6.45) is 6.11. The van der Waals surface area contributed by atoms with Gasteiger partial charge in [-0.1, -0.05) is 19.8 Å². The van der Waals surface area contributed by atoms with E-state index >= 15 is 0 Å². The lowest BCUT2D eigenvalue weighted by molar-refractivity contribution is -0.384. The predicted molar refractivity (Wildman–Crippen MR) is 85.6 cm³/mol. The first kappa shape index (κ1) is 15.8. The number of hydrogen-bond acceptors (Lipinski definition) is 4. The van der Waals surface area contributed by atoms with Gasteiger partial charge in [0, 0.05) is 37.0 Å². The lowest BCUT2D eigenvalue weighted by Gasteiger charge is -2.25. The Balaban J connectivity index is 2.16. The van der Waals surface area contributed by atoms with Gasteiger partial charge in [-0.05, 0) is 37.9 Å². The van der Waals surface area contributed by atoms with E-state index in [0.29, 0.717) is 6.04 Å². The number of anilines is 1. The third-order valence-electron chi connectivity index (χ3n) is 4.23. The van der Waals surface area contributed by atoms with Gasteiger partial charge in [-0.3, -0.25) is 15.0 Å². The molecule has 1 aliphatic rings. The van der Waals surface area contributed by atoms with Crippen LogP contribution < -0.4 is 5.32 Å². The van der Waals surface area contributed by atoms with Crippen molar-refractivity contribution in [3.8, 4) is 0 Å². The van der Waals surface area contributed by atoms with Gasteiger partial charge in [0.15, 0.2) is 0 Å². The van der Waals surface area contributed by atoms with Gasteiger partial charge in [-0.25, -0.2) is 0 Å². The molecule has 0 aromatic heterocycles. The smallest absolute Gasteiger partial charge is 0.269 e. The van der Waals surface area contributed by atoms with Crippen molar-refractivity contribution in [3.63, 3.8) is 0 Å². The Hall–Kier alpha value is -1.62. The highest BCUT2D eigenvalue weighted by molar-refractivity contribution is 5.56. The van der Waals surface area contributed by atoms with Crippen LogP contribution in [0, 0.1) is 10.1 Å². The van der Waals surface area contributed by atoms with Crippen LogP contribution in [0.3, 0.4) is 0 Å². The monoisotopic (exact) mass is 291 g/mol. The third kappa shape index (κ3) is 4.17. The fraction of sp³-hybridized carbons (Fsp3) is 0.625. The third-order valence-corrected chi connectivity index (χ3v) is 4.23. The van der Waals surface area contributed by atoms with Crippen molar-refractivity contribution in [1.82, 2.24) is 4.90 Å². The maximum Gasteiger partial charge on any atom is 0.269 e. The number of nitro benzene ring substituents is 1. The topological polar surface area (TPSA) is 58.4 Å². The summed E-state index contributed by atoms with van der Waals surface area (Å²) in [6, 6.07) is 5.75. The summed E-state index contributed by atoms with van der Waals surface area (Å²) in [5, 5.41) is 14.4. The summed E-state index contributed by atoms with van der Waals surface area (Å²) in [7, 11) is 2.12. The van der Waals surface area contributed by atoms with E-state index in [4.69, 9.17) is 0 Å². The maximum atomic E-state index is 11.0. The number of non-ortho nitro benzene ring substituents is 1. The molecule has 0 atom stereocenters. The molecule has 0 heterocycles. The minimum Gasteiger partial charge on any atom is -0.385 e. The fourth-order valence-corrected chi connectivity index (χ4v) is 3.00. The zero-order valence-corrected chi connectivity index (χ0v) is 13.0. The molecule has 0 bridgehead atoms. The van der Waals surface area contributed by atoms with Crippen molar-refractivity contribution in [1.29, 1.82) is 0 Å². The molecule has 1 aromatic rings. The van der Waals surface area contributed by atoms with Crippen molar-refractivity contribution in [3.05, 3.63) is 33.9 Å². The molecule has 2 rings (SSSR count). The molecule has 0 unspecified atom stereocenters. The molecule has 0 amide bonds. The molecule has 0 saturated heterocycles. The summed E-state index contributed by atoms with van der Waals surface area (Å²) in [6.45, 7) is 3.76. The number of nitrogens with zero attached hydrogens (tertiary/aromatic N) is 2. The van der Waals surface area contributed by atoms with E-state index in [1.165, 1.54) is 25.7 Å². The number of benzene rings is 1. The van der Waals surface area contributed by atoms with Crippen molar-refractivity contribution >= 4 is 11.4 Å². The number of hydrogen-bond donors (Lipinski definition) is 1. The van der Waals surface area contributed by atoms with E-state index in [9.17, 15) is 10.1 Å². The molecule has 1 aromatic carbocycles. The fourth-order valence-electron chi connectivity index (χ4n) is 3.00. The van der Waals surface area contributed by atoms with E-state index in [-0.39, 0.29) is 10.6 Å². The van der Waals surface area contributed by atoms with Gasteiger partial charge in [0.25, 0.3) is 5.69 Å². The van der Waals surface area contributed by atoms with Crippen LogP contribution in [0.4, 0.5) is 11.4 Å². The Morgan fingerprint density at radius 2 is 2.10 bits per heavy atom. The molecule has 0 spiro atoms. The molecular weight excluding hydrogens is 266 g/mol. The van der Waals surface area contributed by atoms with Crippen molar-refractivity contribution in [2.45, 2.75) is 51.6 Å². The van der Waals surface area contributed by atoms with Crippen molar-refractivity contribution in [2.75, 3.05) is 18.9 Å². The first-order chi connectivity index (χ1) is 10.1.